The molecule has 2 fully saturated rings. The van der Waals surface area contributed by atoms with E-state index in [9.17, 15) is 50.4 Å². The molecule has 0 bridgehead atoms. The number of nitrogens with zero attached hydrogens (tertiary/aromatic N) is 4. The third kappa shape index (κ3) is 8.82. The van der Waals surface area contributed by atoms with Crippen LogP contribution in [0, 0.1) is 17.1 Å². The Labute approximate surface area is 315 Å². The van der Waals surface area contributed by atoms with Crippen LogP contribution in [-0.2, 0) is 27.4 Å². The van der Waals surface area contributed by atoms with Crippen molar-refractivity contribution in [2.45, 2.75) is 87.7 Å². The molecular formula is C37H37F7N4O6S. The number of hydrogen-bond acceptors (Lipinski definition) is 8. The van der Waals surface area contributed by atoms with Crippen molar-refractivity contribution < 1.29 is 59.7 Å². The van der Waals surface area contributed by atoms with Crippen LogP contribution in [-0.4, -0.2) is 75.6 Å². The lowest BCUT2D eigenvalue weighted by Crippen LogP contribution is -2.68. The van der Waals surface area contributed by atoms with E-state index in [4.69, 9.17) is 14.6 Å². The minimum Gasteiger partial charge on any atom is -0.493 e. The van der Waals surface area contributed by atoms with E-state index < -0.39 is 69.0 Å². The fourth-order valence-corrected chi connectivity index (χ4v) is 7.99. The average Bonchev–Trinajstić information content (AvgIpc) is 3.63. The molecule has 0 unspecified atom stereocenters. The van der Waals surface area contributed by atoms with Crippen LogP contribution < -0.4 is 9.47 Å². The number of hydrogen-bond donors (Lipinski definition) is 1. The smallest absolute Gasteiger partial charge is 0.425 e. The molecule has 0 aliphatic carbocycles. The molecule has 2 aromatic heterocycles. The van der Waals surface area contributed by atoms with Gasteiger partial charge in [-0.1, -0.05) is 13.3 Å². The van der Waals surface area contributed by atoms with Gasteiger partial charge in [0.1, 0.15) is 22.2 Å². The molecule has 5 rings (SSSR count). The maximum atomic E-state index is 14.9. The van der Waals surface area contributed by atoms with Gasteiger partial charge in [-0.15, -0.1) is 11.3 Å². The summed E-state index contributed by atoms with van der Waals surface area (Å²) in [4.78, 5) is 45.1. The number of rotatable bonds is 12. The lowest BCUT2D eigenvalue weighted by atomic mass is 9.72. The van der Waals surface area contributed by atoms with E-state index >= 15 is 0 Å². The lowest BCUT2D eigenvalue weighted by Gasteiger charge is -2.51. The molecule has 2 saturated heterocycles. The molecule has 2 atom stereocenters. The van der Waals surface area contributed by atoms with Crippen molar-refractivity contribution in [2.24, 2.45) is 0 Å². The summed E-state index contributed by atoms with van der Waals surface area (Å²) in [6.07, 6.45) is -7.88. The molecule has 55 heavy (non-hydrogen) atoms. The summed E-state index contributed by atoms with van der Waals surface area (Å²) in [5.74, 6) is -3.68. The maximum Gasteiger partial charge on any atom is 0.425 e. The van der Waals surface area contributed by atoms with Gasteiger partial charge in [0.05, 0.1) is 35.3 Å². The van der Waals surface area contributed by atoms with Crippen LogP contribution in [0.25, 0.3) is 0 Å². The number of carbonyl (C=O) groups is 3. The number of carbonyl (C=O) groups excluding carboxylic acids is 2. The monoisotopic (exact) mass is 798 g/mol. The topological polar surface area (TPSA) is 133 Å². The number of ether oxygens (including phenoxy) is 2. The zero-order chi connectivity index (χ0) is 40.2. The molecule has 0 radical (unpaired) electrons. The molecule has 3 aromatic rings. The summed E-state index contributed by atoms with van der Waals surface area (Å²) < 4.78 is 110. The van der Waals surface area contributed by atoms with Gasteiger partial charge in [0.15, 0.2) is 0 Å². The van der Waals surface area contributed by atoms with Crippen LogP contribution in [0.4, 0.5) is 30.7 Å². The second-order valence-corrected chi connectivity index (χ2v) is 14.3. The number of carboxylic acids is 1. The SMILES string of the molecule is CCC[C@H]1N(C(=O)c2cnccc2C(F)(F)F)CCC[C@@]1(Oc1csc(C(F)(F)F)c1)C(=O)N1CCC(C#N)(c2cc(F)ccc2OCCCC(=O)O)CC1. The third-order valence-electron chi connectivity index (χ3n) is 9.93. The first-order valence-electron chi connectivity index (χ1n) is 17.5. The molecule has 1 N–H and O–H groups in total. The zero-order valence-electron chi connectivity index (χ0n) is 29.5. The predicted octanol–water partition coefficient (Wildman–Crippen LogP) is 7.87. The predicted molar refractivity (Wildman–Crippen MR) is 183 cm³/mol. The summed E-state index contributed by atoms with van der Waals surface area (Å²) in [6, 6.07) is 5.98. The van der Waals surface area contributed by atoms with Gasteiger partial charge >= 0.3 is 18.3 Å². The summed E-state index contributed by atoms with van der Waals surface area (Å²) in [7, 11) is 0. The molecule has 10 nitrogen and oxygen atoms in total. The van der Waals surface area contributed by atoms with Gasteiger partial charge in [0.25, 0.3) is 11.8 Å². The summed E-state index contributed by atoms with van der Waals surface area (Å²) in [6.45, 7) is 1.34. The van der Waals surface area contributed by atoms with Crippen molar-refractivity contribution in [1.29, 1.82) is 5.26 Å². The highest BCUT2D eigenvalue weighted by Gasteiger charge is 2.57. The molecule has 2 aliphatic heterocycles. The number of aromatic nitrogens is 1. The molecule has 2 amide bonds. The van der Waals surface area contributed by atoms with Crippen molar-refractivity contribution in [3.8, 4) is 17.6 Å². The number of carboxylic acid groups (broad SMARTS) is 1. The fourth-order valence-electron chi connectivity index (χ4n) is 7.31. The Morgan fingerprint density at radius 1 is 1.05 bits per heavy atom. The Kier molecular flexibility index (Phi) is 12.3. The lowest BCUT2D eigenvalue weighted by molar-refractivity contribution is -0.160. The Morgan fingerprint density at radius 2 is 1.78 bits per heavy atom. The number of halogens is 7. The van der Waals surface area contributed by atoms with Crippen molar-refractivity contribution in [3.05, 3.63) is 75.5 Å². The summed E-state index contributed by atoms with van der Waals surface area (Å²) in [5.41, 5.74) is -5.25. The fraction of sp³-hybridized carbons (Fsp3) is 0.486. The van der Waals surface area contributed by atoms with Gasteiger partial charge in [-0.2, -0.15) is 31.6 Å². The highest BCUT2D eigenvalue weighted by atomic mass is 32.1. The van der Waals surface area contributed by atoms with Crippen LogP contribution in [0.5, 0.6) is 11.5 Å². The Hall–Kier alpha value is -4.92. The Balaban J connectivity index is 1.51. The number of benzene rings is 1. The number of piperidine rings is 2. The second kappa shape index (κ2) is 16.4. The van der Waals surface area contributed by atoms with Crippen LogP contribution in [0.3, 0.4) is 0 Å². The van der Waals surface area contributed by atoms with Gasteiger partial charge in [-0.05, 0) is 56.4 Å². The van der Waals surface area contributed by atoms with Crippen molar-refractivity contribution >= 4 is 29.1 Å². The Bertz CT molecular complexity index is 1920. The van der Waals surface area contributed by atoms with Gasteiger partial charge < -0.3 is 24.4 Å². The molecule has 0 saturated carbocycles. The highest BCUT2D eigenvalue weighted by molar-refractivity contribution is 7.10. The van der Waals surface area contributed by atoms with Gasteiger partial charge in [-0.3, -0.25) is 19.4 Å². The molecule has 4 heterocycles. The van der Waals surface area contributed by atoms with Crippen LogP contribution in [0.2, 0.25) is 0 Å². The molecule has 296 valence electrons. The number of pyridine rings is 1. The first-order valence-corrected chi connectivity index (χ1v) is 18.4. The molecule has 0 spiro atoms. The van der Waals surface area contributed by atoms with Crippen molar-refractivity contribution in [1.82, 2.24) is 14.8 Å². The van der Waals surface area contributed by atoms with Crippen LogP contribution in [0.1, 0.15) is 84.7 Å². The number of aliphatic carboxylic acids is 1. The molecule has 18 heteroatoms. The van der Waals surface area contributed by atoms with Crippen LogP contribution >= 0.6 is 11.3 Å². The van der Waals surface area contributed by atoms with Gasteiger partial charge in [0, 0.05) is 61.9 Å². The third-order valence-corrected chi connectivity index (χ3v) is 10.9. The zero-order valence-corrected chi connectivity index (χ0v) is 30.3. The molecular weight excluding hydrogens is 761 g/mol. The second-order valence-electron chi connectivity index (χ2n) is 13.4. The number of amides is 2. The van der Waals surface area contributed by atoms with E-state index in [-0.39, 0.29) is 88.2 Å². The molecule has 2 aliphatic rings. The highest BCUT2D eigenvalue weighted by Crippen LogP contribution is 2.45. The first kappa shape index (κ1) is 41.2. The first-order chi connectivity index (χ1) is 26.0. The van der Waals surface area contributed by atoms with E-state index in [2.05, 4.69) is 11.1 Å². The van der Waals surface area contributed by atoms with E-state index in [1.165, 1.54) is 11.0 Å². The Morgan fingerprint density at radius 3 is 2.40 bits per heavy atom. The van der Waals surface area contributed by atoms with E-state index in [1.807, 2.05) is 0 Å². The molecule has 1 aromatic carbocycles. The van der Waals surface area contributed by atoms with Gasteiger partial charge in [-0.25, -0.2) is 4.39 Å². The van der Waals surface area contributed by atoms with Crippen molar-refractivity contribution in [2.75, 3.05) is 26.2 Å². The number of likely N-dealkylation sites (tertiary alicyclic amines) is 2. The number of thiophene rings is 1. The minimum atomic E-state index is -4.93. The van der Waals surface area contributed by atoms with Crippen LogP contribution in [0.15, 0.2) is 48.1 Å². The maximum absolute atomic E-state index is 14.9. The van der Waals surface area contributed by atoms with Gasteiger partial charge in [0.2, 0.25) is 5.60 Å². The standard InChI is InChI=1S/C37H37F7N4O6S/c1-2-5-29-35(54-24-19-30(55-21-24)37(42,43)44,10-4-14-48(29)32(51)25-20-46-13-9-26(25)36(39,40)41)33(52)47-15-11-34(22-45,12-16-47)27-18-23(38)7-8-28(27)53-17-3-6-31(49)50/h7-9,13,18-21,29H,2-6,10-12,14-17H2,1H3,(H,49,50)/t29-,35+/m1/s1. The average molecular weight is 799 g/mol. The van der Waals surface area contributed by atoms with Crippen molar-refractivity contribution in [3.63, 3.8) is 0 Å². The van der Waals surface area contributed by atoms with E-state index in [0.717, 1.165) is 40.9 Å². The largest absolute Gasteiger partial charge is 0.493 e. The number of alkyl halides is 6. The minimum absolute atomic E-state index is 0.0250. The number of nitriles is 1. The summed E-state index contributed by atoms with van der Waals surface area (Å²) >= 11 is 0.329. The summed E-state index contributed by atoms with van der Waals surface area (Å²) in [5, 5.41) is 20.5. The van der Waals surface area contributed by atoms with E-state index in [1.54, 1.807) is 6.92 Å². The normalized spacial score (nSPS) is 20.1. The quantitative estimate of drug-likeness (QED) is 0.145. The van der Waals surface area contributed by atoms with E-state index in [0.29, 0.717) is 23.8 Å².